The SMILES string of the molecule is CC(=O)CCOC1CCC2(C)C(=CCC3C2CCC2(C)C(C(C)CCCC(C)C)CCC32)C1. The van der Waals surface area contributed by atoms with Gasteiger partial charge in [0.05, 0.1) is 12.7 Å². The fraction of sp³-hybridized carbons (Fsp3) is 0.903. The number of fused-ring (bicyclic) bond motifs is 5. The summed E-state index contributed by atoms with van der Waals surface area (Å²) < 4.78 is 6.13. The summed E-state index contributed by atoms with van der Waals surface area (Å²) >= 11 is 0. The first-order valence-electron chi connectivity index (χ1n) is 14.5. The van der Waals surface area contributed by atoms with Crippen LogP contribution in [0.5, 0.6) is 0 Å². The van der Waals surface area contributed by atoms with Crippen molar-refractivity contribution in [3.63, 3.8) is 0 Å². The molecular weight excluding hydrogens is 404 g/mol. The molecule has 0 aromatic heterocycles. The van der Waals surface area contributed by atoms with Crippen molar-refractivity contribution < 1.29 is 9.53 Å². The summed E-state index contributed by atoms with van der Waals surface area (Å²) in [5, 5.41) is 0. The van der Waals surface area contributed by atoms with E-state index in [9.17, 15) is 4.79 Å². The molecule has 3 saturated carbocycles. The fourth-order valence-electron chi connectivity index (χ4n) is 9.16. The van der Waals surface area contributed by atoms with Gasteiger partial charge in [-0.25, -0.2) is 0 Å². The highest BCUT2D eigenvalue weighted by atomic mass is 16.5. The monoisotopic (exact) mass is 456 g/mol. The van der Waals surface area contributed by atoms with Crippen molar-refractivity contribution in [2.45, 2.75) is 125 Å². The molecule has 8 unspecified atom stereocenters. The molecule has 0 radical (unpaired) electrons. The van der Waals surface area contributed by atoms with E-state index in [1.807, 2.05) is 0 Å². The van der Waals surface area contributed by atoms with Gasteiger partial charge >= 0.3 is 0 Å². The number of Topliss-reactive ketones (excluding diaryl/α,β-unsaturated/α-hetero) is 1. The molecule has 4 aliphatic rings. The summed E-state index contributed by atoms with van der Waals surface area (Å²) in [6.07, 6.45) is 18.5. The van der Waals surface area contributed by atoms with Gasteiger partial charge in [-0.1, -0.05) is 65.5 Å². The Morgan fingerprint density at radius 2 is 1.85 bits per heavy atom. The van der Waals surface area contributed by atoms with Crippen LogP contribution in [0.15, 0.2) is 11.6 Å². The Morgan fingerprint density at radius 3 is 2.58 bits per heavy atom. The number of rotatable bonds is 9. The van der Waals surface area contributed by atoms with Gasteiger partial charge in [-0.2, -0.15) is 0 Å². The minimum absolute atomic E-state index is 0.240. The van der Waals surface area contributed by atoms with Gasteiger partial charge in [0.25, 0.3) is 0 Å². The van der Waals surface area contributed by atoms with Crippen molar-refractivity contribution in [1.82, 2.24) is 0 Å². The molecule has 8 atom stereocenters. The van der Waals surface area contributed by atoms with E-state index in [0.717, 1.165) is 41.9 Å². The van der Waals surface area contributed by atoms with Gasteiger partial charge < -0.3 is 4.74 Å². The second kappa shape index (κ2) is 10.2. The van der Waals surface area contributed by atoms with Gasteiger partial charge in [0.2, 0.25) is 0 Å². The van der Waals surface area contributed by atoms with Crippen molar-refractivity contribution in [3.8, 4) is 0 Å². The molecule has 33 heavy (non-hydrogen) atoms. The van der Waals surface area contributed by atoms with E-state index in [1.165, 1.54) is 64.2 Å². The molecule has 0 bridgehead atoms. The number of ketones is 1. The Kier molecular flexibility index (Phi) is 7.84. The first-order valence-corrected chi connectivity index (χ1v) is 14.5. The summed E-state index contributed by atoms with van der Waals surface area (Å²) in [5.41, 5.74) is 2.67. The number of carbonyl (C=O) groups is 1. The van der Waals surface area contributed by atoms with E-state index >= 15 is 0 Å². The van der Waals surface area contributed by atoms with E-state index in [-0.39, 0.29) is 5.78 Å². The van der Waals surface area contributed by atoms with Crippen LogP contribution in [0.2, 0.25) is 0 Å². The van der Waals surface area contributed by atoms with Crippen LogP contribution in [0, 0.1) is 46.3 Å². The molecule has 188 valence electrons. The second-order valence-electron chi connectivity index (χ2n) is 13.5. The Labute approximate surface area is 204 Å². The summed E-state index contributed by atoms with van der Waals surface area (Å²) in [5.74, 6) is 5.64. The van der Waals surface area contributed by atoms with Gasteiger partial charge in [0.15, 0.2) is 0 Å². The molecule has 2 nitrogen and oxygen atoms in total. The molecule has 0 heterocycles. The highest BCUT2D eigenvalue weighted by Gasteiger charge is 2.59. The average molecular weight is 457 g/mol. The highest BCUT2D eigenvalue weighted by Crippen LogP contribution is 2.67. The zero-order chi connectivity index (χ0) is 23.8. The minimum Gasteiger partial charge on any atom is -0.377 e. The maximum atomic E-state index is 11.3. The lowest BCUT2D eigenvalue weighted by atomic mass is 9.47. The van der Waals surface area contributed by atoms with Gasteiger partial charge in [0, 0.05) is 6.42 Å². The van der Waals surface area contributed by atoms with Crippen LogP contribution in [0.25, 0.3) is 0 Å². The smallest absolute Gasteiger partial charge is 0.132 e. The largest absolute Gasteiger partial charge is 0.377 e. The minimum atomic E-state index is 0.240. The molecule has 0 aliphatic heterocycles. The summed E-state index contributed by atoms with van der Waals surface area (Å²) in [7, 11) is 0. The lowest BCUT2D eigenvalue weighted by Crippen LogP contribution is -2.51. The first-order chi connectivity index (χ1) is 15.6. The van der Waals surface area contributed by atoms with Gasteiger partial charge in [-0.3, -0.25) is 4.79 Å². The van der Waals surface area contributed by atoms with Gasteiger partial charge in [-0.15, -0.1) is 0 Å². The van der Waals surface area contributed by atoms with Gasteiger partial charge in [0.1, 0.15) is 5.78 Å². The van der Waals surface area contributed by atoms with Crippen LogP contribution < -0.4 is 0 Å². The highest BCUT2D eigenvalue weighted by molar-refractivity contribution is 5.75. The van der Waals surface area contributed by atoms with Crippen LogP contribution in [0.3, 0.4) is 0 Å². The number of allylic oxidation sites excluding steroid dienone is 1. The number of carbonyl (C=O) groups excluding carboxylic acids is 1. The Morgan fingerprint density at radius 1 is 1.06 bits per heavy atom. The Hall–Kier alpha value is -0.630. The molecule has 0 spiro atoms. The molecule has 0 aromatic carbocycles. The van der Waals surface area contributed by atoms with Gasteiger partial charge in [-0.05, 0) is 105 Å². The maximum absolute atomic E-state index is 11.3. The van der Waals surface area contributed by atoms with E-state index in [2.05, 4.69) is 40.7 Å². The van der Waals surface area contributed by atoms with Crippen LogP contribution in [0.1, 0.15) is 119 Å². The number of ether oxygens (including phenoxy) is 1. The molecule has 2 heteroatoms. The molecule has 0 amide bonds. The lowest BCUT2D eigenvalue weighted by Gasteiger charge is -2.58. The maximum Gasteiger partial charge on any atom is 0.132 e. The Bertz CT molecular complexity index is 722. The van der Waals surface area contributed by atoms with Crippen LogP contribution in [-0.2, 0) is 9.53 Å². The zero-order valence-electron chi connectivity index (χ0n) is 22.6. The van der Waals surface area contributed by atoms with E-state index < -0.39 is 0 Å². The molecule has 3 fully saturated rings. The quantitative estimate of drug-likeness (QED) is 0.326. The Balaban J connectivity index is 1.41. The number of hydrogen-bond donors (Lipinski definition) is 0. The molecule has 0 aromatic rings. The van der Waals surface area contributed by atoms with E-state index in [4.69, 9.17) is 4.74 Å². The van der Waals surface area contributed by atoms with Crippen LogP contribution in [-0.4, -0.2) is 18.5 Å². The molecule has 0 N–H and O–H groups in total. The fourth-order valence-corrected chi connectivity index (χ4v) is 9.16. The zero-order valence-corrected chi connectivity index (χ0v) is 22.6. The van der Waals surface area contributed by atoms with Crippen molar-refractivity contribution in [2.24, 2.45) is 46.3 Å². The van der Waals surface area contributed by atoms with Crippen molar-refractivity contribution >= 4 is 5.78 Å². The normalized spacial score (nSPS) is 41.2. The van der Waals surface area contributed by atoms with E-state index in [1.54, 1.807) is 12.5 Å². The van der Waals surface area contributed by atoms with Crippen molar-refractivity contribution in [2.75, 3.05) is 6.61 Å². The van der Waals surface area contributed by atoms with Crippen LogP contribution >= 0.6 is 0 Å². The third kappa shape index (κ3) is 5.03. The molecule has 4 rings (SSSR count). The predicted octanol–water partition coefficient (Wildman–Crippen LogP) is 8.39. The summed E-state index contributed by atoms with van der Waals surface area (Å²) in [6.45, 7) is 14.9. The van der Waals surface area contributed by atoms with E-state index in [0.29, 0.717) is 30.0 Å². The van der Waals surface area contributed by atoms with Crippen molar-refractivity contribution in [3.05, 3.63) is 11.6 Å². The third-order valence-corrected chi connectivity index (χ3v) is 11.1. The molecule has 4 aliphatic carbocycles. The number of hydrogen-bond acceptors (Lipinski definition) is 2. The second-order valence-corrected chi connectivity index (χ2v) is 13.5. The predicted molar refractivity (Wildman–Crippen MR) is 138 cm³/mol. The third-order valence-electron chi connectivity index (χ3n) is 11.1. The van der Waals surface area contributed by atoms with Crippen molar-refractivity contribution in [1.29, 1.82) is 0 Å². The topological polar surface area (TPSA) is 26.3 Å². The van der Waals surface area contributed by atoms with Crippen LogP contribution in [0.4, 0.5) is 0 Å². The molecular formula is C31H52O2. The lowest BCUT2D eigenvalue weighted by molar-refractivity contribution is -0.118. The molecule has 0 saturated heterocycles. The summed E-state index contributed by atoms with van der Waals surface area (Å²) in [4.78, 5) is 11.3. The standard InChI is InChI=1S/C31H52O2/c1-21(2)8-7-9-22(3)27-12-13-28-26-11-10-24-20-25(33-19-16-23(4)32)14-17-30(24,5)29(26)15-18-31(27,28)6/h10,21-22,25-29H,7-9,11-20H2,1-6H3. The first kappa shape index (κ1) is 25.5. The summed E-state index contributed by atoms with van der Waals surface area (Å²) in [6, 6.07) is 0. The average Bonchev–Trinajstić information content (AvgIpc) is 3.10.